The zero-order valence-corrected chi connectivity index (χ0v) is 20.4. The van der Waals surface area contributed by atoms with Gasteiger partial charge in [-0.1, -0.05) is 23.3 Å². The summed E-state index contributed by atoms with van der Waals surface area (Å²) < 4.78 is 5.26. The summed E-state index contributed by atoms with van der Waals surface area (Å²) in [5.74, 6) is 0.663. The fourth-order valence-corrected chi connectivity index (χ4v) is 4.42. The van der Waals surface area contributed by atoms with Gasteiger partial charge in [0.05, 0.1) is 28.2 Å². The molecule has 3 aromatic rings. The van der Waals surface area contributed by atoms with Crippen molar-refractivity contribution in [3.8, 4) is 11.3 Å². The first-order valence-corrected chi connectivity index (χ1v) is 11.8. The third-order valence-corrected chi connectivity index (χ3v) is 6.23. The lowest BCUT2D eigenvalue weighted by Crippen LogP contribution is -2.42. The van der Waals surface area contributed by atoms with Crippen LogP contribution in [0.3, 0.4) is 0 Å². The average molecular weight is 495 g/mol. The highest BCUT2D eigenvalue weighted by molar-refractivity contribution is 6.33. The molecule has 4 rings (SSSR count). The van der Waals surface area contributed by atoms with Gasteiger partial charge in [-0.15, -0.1) is 0 Å². The Morgan fingerprint density at radius 1 is 1.17 bits per heavy atom. The molecular formula is C25H27ClN6O3. The number of nitrogens with zero attached hydrogens (tertiary/aromatic N) is 3. The lowest BCUT2D eigenvalue weighted by Gasteiger charge is -2.30. The lowest BCUT2D eigenvalue weighted by molar-refractivity contribution is -0.111. The van der Waals surface area contributed by atoms with E-state index in [-0.39, 0.29) is 23.9 Å². The van der Waals surface area contributed by atoms with Crippen molar-refractivity contribution in [2.24, 2.45) is 0 Å². The molecule has 0 unspecified atom stereocenters. The van der Waals surface area contributed by atoms with Gasteiger partial charge in [0.15, 0.2) is 0 Å². The number of aromatic nitrogens is 3. The number of halogens is 1. The third-order valence-electron chi connectivity index (χ3n) is 5.96. The molecule has 10 heteroatoms. The number of anilines is 2. The highest BCUT2D eigenvalue weighted by Gasteiger charge is 2.25. The van der Waals surface area contributed by atoms with E-state index in [0.29, 0.717) is 39.4 Å². The molecule has 9 nitrogen and oxygen atoms in total. The minimum Gasteiger partial charge on any atom is -0.361 e. The molecule has 1 aromatic carbocycles. The first-order chi connectivity index (χ1) is 16.8. The van der Waals surface area contributed by atoms with E-state index in [9.17, 15) is 9.59 Å². The van der Waals surface area contributed by atoms with Crippen molar-refractivity contribution < 1.29 is 14.1 Å². The number of hydrogen-bond acceptors (Lipinski definition) is 7. The van der Waals surface area contributed by atoms with Crippen LogP contribution in [0.4, 0.5) is 11.6 Å². The number of carbonyl (C=O) groups is 2. The van der Waals surface area contributed by atoms with Crippen LogP contribution in [0.1, 0.15) is 47.5 Å². The monoisotopic (exact) mass is 494 g/mol. The molecule has 0 spiro atoms. The molecule has 35 heavy (non-hydrogen) atoms. The maximum Gasteiger partial charge on any atom is 0.251 e. The standard InChI is InChI=1S/C25H27ClN6O3/c1-4-21(33)28-17-10-8-16(9-11-17)24(34)29-18-6-5-7-19(12-18)30-25-27-13-20(26)23(31-25)22-14(2)32-35-15(22)3/h4,8-11,13,18-19H,1,5-7,12H2,2-3H3,(H,28,33)(H,29,34)(H,27,30,31)/t18-,19+/m0/s1. The Balaban J connectivity index is 1.38. The molecule has 1 aliphatic rings. The Morgan fingerprint density at radius 3 is 2.60 bits per heavy atom. The first-order valence-electron chi connectivity index (χ1n) is 11.4. The number of rotatable bonds is 7. The van der Waals surface area contributed by atoms with Crippen LogP contribution in [-0.2, 0) is 4.79 Å². The van der Waals surface area contributed by atoms with Crippen molar-refractivity contribution in [3.05, 3.63) is 65.2 Å². The number of benzene rings is 1. The molecule has 1 saturated carbocycles. The van der Waals surface area contributed by atoms with Crippen LogP contribution < -0.4 is 16.0 Å². The summed E-state index contributed by atoms with van der Waals surface area (Å²) in [7, 11) is 0. The lowest BCUT2D eigenvalue weighted by atomic mass is 9.91. The summed E-state index contributed by atoms with van der Waals surface area (Å²) in [5.41, 5.74) is 3.19. The van der Waals surface area contributed by atoms with Crippen LogP contribution >= 0.6 is 11.6 Å². The van der Waals surface area contributed by atoms with Crippen LogP contribution in [0, 0.1) is 13.8 Å². The largest absolute Gasteiger partial charge is 0.361 e. The summed E-state index contributed by atoms with van der Waals surface area (Å²) in [5, 5.41) is 13.6. The van der Waals surface area contributed by atoms with Gasteiger partial charge < -0.3 is 20.5 Å². The van der Waals surface area contributed by atoms with E-state index < -0.39 is 0 Å². The van der Waals surface area contributed by atoms with Gasteiger partial charge in [0, 0.05) is 23.3 Å². The maximum atomic E-state index is 12.8. The summed E-state index contributed by atoms with van der Waals surface area (Å²) in [6.07, 6.45) is 6.30. The second-order valence-corrected chi connectivity index (χ2v) is 8.95. The highest BCUT2D eigenvalue weighted by Crippen LogP contribution is 2.32. The molecule has 0 saturated heterocycles. The van der Waals surface area contributed by atoms with Gasteiger partial charge in [-0.25, -0.2) is 9.97 Å². The van der Waals surface area contributed by atoms with Gasteiger partial charge in [0.1, 0.15) is 5.76 Å². The summed E-state index contributed by atoms with van der Waals surface area (Å²) in [4.78, 5) is 33.1. The molecule has 2 atom stereocenters. The normalized spacial score (nSPS) is 17.5. The van der Waals surface area contributed by atoms with E-state index in [1.807, 2.05) is 13.8 Å². The molecule has 182 valence electrons. The predicted octanol–water partition coefficient (Wildman–Crippen LogP) is 4.68. The topological polar surface area (TPSA) is 122 Å². The van der Waals surface area contributed by atoms with E-state index in [1.165, 1.54) is 6.08 Å². The van der Waals surface area contributed by atoms with Gasteiger partial charge in [-0.3, -0.25) is 9.59 Å². The summed E-state index contributed by atoms with van der Waals surface area (Å²) in [6.45, 7) is 7.09. The second kappa shape index (κ2) is 10.7. The first kappa shape index (κ1) is 24.4. The highest BCUT2D eigenvalue weighted by atomic mass is 35.5. The maximum absolute atomic E-state index is 12.8. The molecule has 3 N–H and O–H groups in total. The van der Waals surface area contributed by atoms with Crippen molar-refractivity contribution in [2.75, 3.05) is 10.6 Å². The Kier molecular flexibility index (Phi) is 7.45. The zero-order chi connectivity index (χ0) is 24.9. The van der Waals surface area contributed by atoms with Gasteiger partial charge in [-0.05, 0) is 69.9 Å². The average Bonchev–Trinajstić information content (AvgIpc) is 3.18. The van der Waals surface area contributed by atoms with Crippen LogP contribution in [0.2, 0.25) is 5.02 Å². The molecule has 1 aliphatic carbocycles. The van der Waals surface area contributed by atoms with Crippen LogP contribution in [0.15, 0.2) is 47.6 Å². The second-order valence-electron chi connectivity index (χ2n) is 8.54. The Labute approximate surface area is 208 Å². The van der Waals surface area contributed by atoms with Gasteiger partial charge in [0.2, 0.25) is 11.9 Å². The predicted molar refractivity (Wildman–Crippen MR) is 134 cm³/mol. The van der Waals surface area contributed by atoms with E-state index in [4.69, 9.17) is 16.1 Å². The van der Waals surface area contributed by atoms with Crippen molar-refractivity contribution in [1.29, 1.82) is 0 Å². The van der Waals surface area contributed by atoms with E-state index in [1.54, 1.807) is 30.5 Å². The van der Waals surface area contributed by atoms with E-state index in [0.717, 1.165) is 31.2 Å². The van der Waals surface area contributed by atoms with Gasteiger partial charge >= 0.3 is 0 Å². The Bertz CT molecular complexity index is 1220. The molecule has 2 heterocycles. The van der Waals surface area contributed by atoms with Gasteiger partial charge in [0.25, 0.3) is 5.91 Å². The van der Waals surface area contributed by atoms with Crippen LogP contribution in [0.5, 0.6) is 0 Å². The minimum atomic E-state index is -0.300. The van der Waals surface area contributed by atoms with E-state index >= 15 is 0 Å². The molecule has 0 radical (unpaired) electrons. The number of hydrogen-bond donors (Lipinski definition) is 3. The zero-order valence-electron chi connectivity index (χ0n) is 19.6. The SMILES string of the molecule is C=CC(=O)Nc1ccc(C(=O)N[C@H]2CCC[C@@H](Nc3ncc(Cl)c(-c4c(C)noc4C)n3)C2)cc1. The Morgan fingerprint density at radius 2 is 1.91 bits per heavy atom. The summed E-state index contributed by atoms with van der Waals surface area (Å²) >= 11 is 6.36. The van der Waals surface area contributed by atoms with Crippen molar-refractivity contribution >= 4 is 35.1 Å². The van der Waals surface area contributed by atoms with Gasteiger partial charge in [-0.2, -0.15) is 0 Å². The van der Waals surface area contributed by atoms with Crippen molar-refractivity contribution in [1.82, 2.24) is 20.4 Å². The quantitative estimate of drug-likeness (QED) is 0.407. The fourth-order valence-electron chi connectivity index (χ4n) is 4.23. The molecule has 1 fully saturated rings. The fraction of sp³-hybridized carbons (Fsp3) is 0.320. The third kappa shape index (κ3) is 5.86. The molecule has 0 aliphatic heterocycles. The van der Waals surface area contributed by atoms with Crippen molar-refractivity contribution in [3.63, 3.8) is 0 Å². The van der Waals surface area contributed by atoms with Crippen LogP contribution in [-0.4, -0.2) is 39.0 Å². The number of carbonyl (C=O) groups excluding carboxylic acids is 2. The molecule has 0 bridgehead atoms. The minimum absolute atomic E-state index is 0.0169. The summed E-state index contributed by atoms with van der Waals surface area (Å²) in [6, 6.07) is 6.87. The molecular weight excluding hydrogens is 468 g/mol. The number of amides is 2. The Hall–Kier alpha value is -3.72. The van der Waals surface area contributed by atoms with Crippen LogP contribution in [0.25, 0.3) is 11.3 Å². The van der Waals surface area contributed by atoms with Crippen molar-refractivity contribution in [2.45, 2.75) is 51.6 Å². The number of nitrogens with one attached hydrogen (secondary N) is 3. The molecule has 2 amide bonds. The van der Waals surface area contributed by atoms with E-state index in [2.05, 4.69) is 37.7 Å². The molecule has 2 aromatic heterocycles. The number of aryl methyl sites for hydroxylation is 2. The smallest absolute Gasteiger partial charge is 0.251 e.